The van der Waals surface area contributed by atoms with Crippen molar-refractivity contribution < 1.29 is 9.32 Å². The fraction of sp³-hybridized carbons (Fsp3) is 0.333. The molecule has 1 saturated heterocycles. The van der Waals surface area contributed by atoms with Crippen molar-refractivity contribution in [1.82, 2.24) is 15.4 Å². The summed E-state index contributed by atoms with van der Waals surface area (Å²) >= 11 is 0. The molecule has 0 saturated carbocycles. The Balaban J connectivity index is 1.78. The van der Waals surface area contributed by atoms with Crippen molar-refractivity contribution in [3.63, 3.8) is 0 Å². The van der Waals surface area contributed by atoms with Gasteiger partial charge in [-0.1, -0.05) is 35.5 Å². The summed E-state index contributed by atoms with van der Waals surface area (Å²) in [5, 5.41) is 7.22. The van der Waals surface area contributed by atoms with Crippen LogP contribution in [0.4, 0.5) is 0 Å². The molecule has 1 amide bonds. The minimum Gasteiger partial charge on any atom is -0.355 e. The van der Waals surface area contributed by atoms with Crippen molar-refractivity contribution in [2.45, 2.75) is 13.0 Å². The van der Waals surface area contributed by atoms with Gasteiger partial charge in [-0.15, -0.1) is 0 Å². The first kappa shape index (κ1) is 12.9. The molecule has 3 rings (SSSR count). The SMILES string of the molecule is CC1CN(C(=O)c2cc(-c3ccccc3)on2)CCN1. The second-order valence-electron chi connectivity index (χ2n) is 5.05. The molecule has 1 N–H and O–H groups in total. The third kappa shape index (κ3) is 2.58. The largest absolute Gasteiger partial charge is 0.355 e. The molecule has 0 aliphatic carbocycles. The summed E-state index contributed by atoms with van der Waals surface area (Å²) < 4.78 is 5.28. The molecule has 1 fully saturated rings. The molecule has 1 aromatic carbocycles. The molecule has 0 spiro atoms. The lowest BCUT2D eigenvalue weighted by molar-refractivity contribution is 0.0698. The lowest BCUT2D eigenvalue weighted by Gasteiger charge is -2.31. The van der Waals surface area contributed by atoms with Crippen molar-refractivity contribution in [1.29, 1.82) is 0 Å². The number of nitrogens with one attached hydrogen (secondary N) is 1. The Hall–Kier alpha value is -2.14. The van der Waals surface area contributed by atoms with Crippen molar-refractivity contribution >= 4 is 5.91 Å². The zero-order valence-corrected chi connectivity index (χ0v) is 11.4. The monoisotopic (exact) mass is 271 g/mol. The topological polar surface area (TPSA) is 58.4 Å². The highest BCUT2D eigenvalue weighted by Gasteiger charge is 2.24. The lowest BCUT2D eigenvalue weighted by atomic mass is 10.1. The van der Waals surface area contributed by atoms with E-state index in [9.17, 15) is 4.79 Å². The van der Waals surface area contributed by atoms with Gasteiger partial charge in [0.25, 0.3) is 5.91 Å². The highest BCUT2D eigenvalue weighted by atomic mass is 16.5. The van der Waals surface area contributed by atoms with Crippen LogP contribution >= 0.6 is 0 Å². The van der Waals surface area contributed by atoms with E-state index in [0.717, 1.165) is 12.1 Å². The number of benzene rings is 1. The Morgan fingerprint density at radius 2 is 2.20 bits per heavy atom. The molecule has 1 aliphatic rings. The first-order valence-electron chi connectivity index (χ1n) is 6.79. The predicted molar refractivity (Wildman–Crippen MR) is 75.3 cm³/mol. The first-order chi connectivity index (χ1) is 9.74. The Kier molecular flexibility index (Phi) is 3.52. The van der Waals surface area contributed by atoms with Crippen LogP contribution in [0.5, 0.6) is 0 Å². The summed E-state index contributed by atoms with van der Waals surface area (Å²) in [5.74, 6) is 0.557. The molecule has 5 nitrogen and oxygen atoms in total. The number of carbonyl (C=O) groups is 1. The van der Waals surface area contributed by atoms with E-state index in [1.807, 2.05) is 35.2 Å². The Labute approximate surface area is 117 Å². The van der Waals surface area contributed by atoms with Crippen LogP contribution < -0.4 is 5.32 Å². The van der Waals surface area contributed by atoms with Gasteiger partial charge >= 0.3 is 0 Å². The van der Waals surface area contributed by atoms with E-state index >= 15 is 0 Å². The molecule has 1 aliphatic heterocycles. The number of nitrogens with zero attached hydrogens (tertiary/aromatic N) is 2. The van der Waals surface area contributed by atoms with Crippen LogP contribution in [-0.2, 0) is 0 Å². The van der Waals surface area contributed by atoms with Crippen LogP contribution in [0.2, 0.25) is 0 Å². The Morgan fingerprint density at radius 3 is 2.95 bits per heavy atom. The summed E-state index contributed by atoms with van der Waals surface area (Å²) in [7, 11) is 0. The van der Waals surface area contributed by atoms with Gasteiger partial charge in [0.05, 0.1) is 0 Å². The van der Waals surface area contributed by atoms with E-state index in [1.165, 1.54) is 0 Å². The second kappa shape index (κ2) is 5.46. The maximum atomic E-state index is 12.4. The van der Waals surface area contributed by atoms with Crippen molar-refractivity contribution in [2.75, 3.05) is 19.6 Å². The maximum absolute atomic E-state index is 12.4. The molecule has 2 heterocycles. The van der Waals surface area contributed by atoms with Crippen LogP contribution in [0.3, 0.4) is 0 Å². The van der Waals surface area contributed by atoms with Crippen molar-refractivity contribution in [3.05, 3.63) is 42.1 Å². The summed E-state index contributed by atoms with van der Waals surface area (Å²) in [6.07, 6.45) is 0. The molecule has 0 bridgehead atoms. The zero-order valence-electron chi connectivity index (χ0n) is 11.4. The van der Waals surface area contributed by atoms with E-state index in [4.69, 9.17) is 4.52 Å². The molecule has 2 aromatic rings. The van der Waals surface area contributed by atoms with E-state index < -0.39 is 0 Å². The normalized spacial score (nSPS) is 19.1. The van der Waals surface area contributed by atoms with Crippen molar-refractivity contribution in [2.24, 2.45) is 0 Å². The van der Waals surface area contributed by atoms with Gasteiger partial charge in [0, 0.05) is 37.3 Å². The molecule has 1 aromatic heterocycles. The number of aromatic nitrogens is 1. The van der Waals surface area contributed by atoms with Gasteiger partial charge in [-0.2, -0.15) is 0 Å². The highest BCUT2D eigenvalue weighted by Crippen LogP contribution is 2.20. The number of rotatable bonds is 2. The number of carbonyl (C=O) groups excluding carboxylic acids is 1. The highest BCUT2D eigenvalue weighted by molar-refractivity contribution is 5.93. The number of hydrogen-bond donors (Lipinski definition) is 1. The smallest absolute Gasteiger partial charge is 0.276 e. The second-order valence-corrected chi connectivity index (χ2v) is 5.05. The molecule has 104 valence electrons. The number of piperazine rings is 1. The van der Waals surface area contributed by atoms with Gasteiger partial charge in [0.15, 0.2) is 11.5 Å². The zero-order chi connectivity index (χ0) is 13.9. The lowest BCUT2D eigenvalue weighted by Crippen LogP contribution is -2.51. The molecule has 5 heteroatoms. The average Bonchev–Trinajstić information content (AvgIpc) is 2.97. The maximum Gasteiger partial charge on any atom is 0.276 e. The fourth-order valence-electron chi connectivity index (χ4n) is 2.39. The van der Waals surface area contributed by atoms with Gasteiger partial charge < -0.3 is 14.7 Å². The van der Waals surface area contributed by atoms with Gasteiger partial charge in [0.2, 0.25) is 0 Å². The van der Waals surface area contributed by atoms with E-state index in [1.54, 1.807) is 6.07 Å². The minimum absolute atomic E-state index is 0.0655. The van der Waals surface area contributed by atoms with Crippen LogP contribution in [0.15, 0.2) is 40.9 Å². The summed E-state index contributed by atoms with van der Waals surface area (Å²) in [6, 6.07) is 11.7. The van der Waals surface area contributed by atoms with Crippen LogP contribution in [0.25, 0.3) is 11.3 Å². The third-order valence-corrected chi connectivity index (χ3v) is 3.44. The van der Waals surface area contributed by atoms with Gasteiger partial charge in [0.1, 0.15) is 0 Å². The standard InChI is InChI=1S/C15H17N3O2/c1-11-10-18(8-7-16-11)15(19)13-9-14(20-17-13)12-5-3-2-4-6-12/h2-6,9,11,16H,7-8,10H2,1H3. The van der Waals surface area contributed by atoms with E-state index in [2.05, 4.69) is 17.4 Å². The molecule has 1 atom stereocenters. The minimum atomic E-state index is -0.0655. The summed E-state index contributed by atoms with van der Waals surface area (Å²) in [6.45, 7) is 4.29. The fourth-order valence-corrected chi connectivity index (χ4v) is 2.39. The molecule has 1 unspecified atom stereocenters. The first-order valence-corrected chi connectivity index (χ1v) is 6.79. The van der Waals surface area contributed by atoms with Crippen LogP contribution in [0, 0.1) is 0 Å². The van der Waals surface area contributed by atoms with Gasteiger partial charge in [-0.3, -0.25) is 4.79 Å². The summed E-state index contributed by atoms with van der Waals surface area (Å²) in [4.78, 5) is 14.2. The molecule has 20 heavy (non-hydrogen) atoms. The number of amides is 1. The Bertz CT molecular complexity index is 594. The van der Waals surface area contributed by atoms with Gasteiger partial charge in [-0.25, -0.2) is 0 Å². The van der Waals surface area contributed by atoms with E-state index in [-0.39, 0.29) is 5.91 Å². The average molecular weight is 271 g/mol. The number of hydrogen-bond acceptors (Lipinski definition) is 4. The third-order valence-electron chi connectivity index (χ3n) is 3.44. The van der Waals surface area contributed by atoms with Crippen LogP contribution in [0.1, 0.15) is 17.4 Å². The van der Waals surface area contributed by atoms with Crippen LogP contribution in [-0.4, -0.2) is 41.6 Å². The summed E-state index contributed by atoms with van der Waals surface area (Å²) in [5.41, 5.74) is 1.30. The Morgan fingerprint density at radius 1 is 1.40 bits per heavy atom. The molecule has 0 radical (unpaired) electrons. The quantitative estimate of drug-likeness (QED) is 0.904. The molecular formula is C15H17N3O2. The van der Waals surface area contributed by atoms with Gasteiger partial charge in [-0.05, 0) is 6.92 Å². The van der Waals surface area contributed by atoms with Crippen molar-refractivity contribution in [3.8, 4) is 11.3 Å². The predicted octanol–water partition coefficient (Wildman–Crippen LogP) is 1.78. The van der Waals surface area contributed by atoms with E-state index in [0.29, 0.717) is 30.6 Å². The molecular weight excluding hydrogens is 254 g/mol.